The van der Waals surface area contributed by atoms with E-state index in [4.69, 9.17) is 9.47 Å². The van der Waals surface area contributed by atoms with Gasteiger partial charge in [-0.3, -0.25) is 4.79 Å². The molecule has 2 aromatic heterocycles. The van der Waals surface area contributed by atoms with E-state index in [2.05, 4.69) is 47.9 Å². The molecule has 0 N–H and O–H groups in total. The predicted octanol–water partition coefficient (Wildman–Crippen LogP) is 7.03. The highest BCUT2D eigenvalue weighted by molar-refractivity contribution is 6.08. The summed E-state index contributed by atoms with van der Waals surface area (Å²) in [5.41, 5.74) is 9.63. The number of allylic oxidation sites excluding steroid dienone is 2. The molecule has 4 rings (SSSR count). The van der Waals surface area contributed by atoms with Crippen LogP contribution in [0.15, 0.2) is 24.0 Å². The number of aromatic nitrogens is 3. The van der Waals surface area contributed by atoms with Crippen LogP contribution in [-0.4, -0.2) is 27.3 Å². The maximum absolute atomic E-state index is 13.4. The van der Waals surface area contributed by atoms with E-state index in [1.165, 1.54) is 0 Å². The first-order valence-electron chi connectivity index (χ1n) is 13.2. The number of fused-ring (bicyclic) bond motifs is 3. The van der Waals surface area contributed by atoms with Gasteiger partial charge in [-0.05, 0) is 70.1 Å². The van der Waals surface area contributed by atoms with Gasteiger partial charge in [0, 0.05) is 55.2 Å². The minimum Gasteiger partial charge on any atom is -0.405 e. The molecular weight excluding hydrogens is 462 g/mol. The molecule has 6 nitrogen and oxygen atoms in total. The fraction of sp³-hybridized carbons (Fsp3) is 0.419. The van der Waals surface area contributed by atoms with Crippen molar-refractivity contribution in [1.29, 1.82) is 0 Å². The van der Waals surface area contributed by atoms with E-state index >= 15 is 0 Å². The van der Waals surface area contributed by atoms with Crippen molar-refractivity contribution in [3.05, 3.63) is 75.3 Å². The van der Waals surface area contributed by atoms with Crippen molar-refractivity contribution in [2.45, 2.75) is 80.3 Å². The fourth-order valence-corrected chi connectivity index (χ4v) is 4.72. The molecule has 0 amide bonds. The molecule has 0 saturated heterocycles. The van der Waals surface area contributed by atoms with Crippen LogP contribution in [0, 0.1) is 19.1 Å². The number of nitrogens with zero attached hydrogens (tertiary/aromatic N) is 3. The van der Waals surface area contributed by atoms with Crippen molar-refractivity contribution in [3.63, 3.8) is 0 Å². The Labute approximate surface area is 223 Å². The van der Waals surface area contributed by atoms with Crippen LogP contribution in [0.1, 0.15) is 87.8 Å². The van der Waals surface area contributed by atoms with Crippen LogP contribution in [0.5, 0.6) is 11.9 Å². The Balaban J connectivity index is 0.00000267. The summed E-state index contributed by atoms with van der Waals surface area (Å²) in [6, 6.07) is 6.96. The van der Waals surface area contributed by atoms with Crippen molar-refractivity contribution >= 4 is 5.78 Å². The van der Waals surface area contributed by atoms with Gasteiger partial charge in [0.2, 0.25) is 5.88 Å². The smallest absolute Gasteiger partial charge is 0.323 e. The highest BCUT2D eigenvalue weighted by Crippen LogP contribution is 2.41. The molecule has 1 aliphatic rings. The summed E-state index contributed by atoms with van der Waals surface area (Å²) in [5.74, 6) is 0.536. The number of carbonyl (C=O) groups excluding carboxylic acids is 1. The van der Waals surface area contributed by atoms with E-state index in [9.17, 15) is 4.79 Å². The number of ether oxygens (including phenoxy) is 2. The van der Waals surface area contributed by atoms with Crippen molar-refractivity contribution < 1.29 is 17.1 Å². The van der Waals surface area contributed by atoms with Gasteiger partial charge < -0.3 is 9.47 Å². The van der Waals surface area contributed by atoms with Crippen LogP contribution in [0.25, 0.3) is 11.1 Å². The van der Waals surface area contributed by atoms with E-state index in [0.29, 0.717) is 25.5 Å². The number of carbonyl (C=O) groups is 1. The van der Waals surface area contributed by atoms with Crippen LogP contribution >= 0.6 is 0 Å². The predicted molar refractivity (Wildman–Crippen MR) is 148 cm³/mol. The normalized spacial score (nSPS) is 12.5. The second-order valence-corrected chi connectivity index (χ2v) is 9.32. The van der Waals surface area contributed by atoms with Crippen molar-refractivity contribution in [2.75, 3.05) is 6.61 Å². The molecule has 2 heterocycles. The summed E-state index contributed by atoms with van der Waals surface area (Å²) in [6.45, 7) is 13.2. The molecule has 6 heteroatoms. The average Bonchev–Trinajstić information content (AvgIpc) is 2.91. The Morgan fingerprint density at radius 3 is 2.59 bits per heavy atom. The second-order valence-electron chi connectivity index (χ2n) is 9.32. The molecule has 0 fully saturated rings. The van der Waals surface area contributed by atoms with Crippen LogP contribution < -0.4 is 4.74 Å². The lowest BCUT2D eigenvalue weighted by molar-refractivity contribution is 0.104. The molecule has 0 atom stereocenters. The lowest BCUT2D eigenvalue weighted by Crippen LogP contribution is -2.14. The molecule has 1 aromatic carbocycles. The molecule has 0 bridgehead atoms. The molecule has 0 unspecified atom stereocenters. The molecular formula is C31H39N3O3. The Kier molecular flexibility index (Phi) is 8.35. The van der Waals surface area contributed by atoms with Gasteiger partial charge in [0.25, 0.3) is 0 Å². The molecule has 3 aromatic rings. The van der Waals surface area contributed by atoms with E-state index in [-0.39, 0.29) is 14.6 Å². The average molecular weight is 502 g/mol. The summed E-state index contributed by atoms with van der Waals surface area (Å²) in [4.78, 5) is 27.0. The molecule has 37 heavy (non-hydrogen) atoms. The van der Waals surface area contributed by atoms with Crippen LogP contribution in [-0.2, 0) is 37.0 Å². The van der Waals surface area contributed by atoms with Crippen molar-refractivity contribution in [3.8, 4) is 23.0 Å². The maximum atomic E-state index is 13.4. The van der Waals surface area contributed by atoms with Gasteiger partial charge in [-0.1, -0.05) is 38.5 Å². The zero-order valence-corrected chi connectivity index (χ0v) is 22.7. The maximum Gasteiger partial charge on any atom is 0.323 e. The number of ketones is 1. The third-order valence-electron chi connectivity index (χ3n) is 6.95. The Bertz CT molecular complexity index is 1360. The first-order valence-corrected chi connectivity index (χ1v) is 13.2. The van der Waals surface area contributed by atoms with Gasteiger partial charge in [-0.25, -0.2) is 9.97 Å². The second kappa shape index (κ2) is 11.7. The number of hydrogen-bond acceptors (Lipinski definition) is 6. The third-order valence-corrected chi connectivity index (χ3v) is 6.95. The molecule has 0 spiro atoms. The zero-order chi connectivity index (χ0) is 26.5. The van der Waals surface area contributed by atoms with Crippen LogP contribution in [0.3, 0.4) is 0 Å². The SMILES string of the molecule is CCOCc1cnc(Oc2ncc3c(c2CC)-c2c#cc(CC)c(C(=O)/C=C(/C)CC)c2CC3)nc1C.[HH].[HH]. The summed E-state index contributed by atoms with van der Waals surface area (Å²) >= 11 is 0. The fourth-order valence-electron chi connectivity index (χ4n) is 4.72. The van der Waals surface area contributed by atoms with E-state index in [1.807, 2.05) is 27.0 Å². The number of rotatable bonds is 10. The van der Waals surface area contributed by atoms with Gasteiger partial charge in [0.1, 0.15) is 0 Å². The largest absolute Gasteiger partial charge is 0.405 e. The molecule has 0 aliphatic heterocycles. The highest BCUT2D eigenvalue weighted by Gasteiger charge is 2.27. The Morgan fingerprint density at radius 2 is 1.92 bits per heavy atom. The first kappa shape index (κ1) is 26.5. The number of pyridine rings is 1. The van der Waals surface area contributed by atoms with Gasteiger partial charge in [-0.2, -0.15) is 4.98 Å². The topological polar surface area (TPSA) is 74.2 Å². The van der Waals surface area contributed by atoms with Crippen molar-refractivity contribution in [2.24, 2.45) is 0 Å². The van der Waals surface area contributed by atoms with Crippen LogP contribution in [0.4, 0.5) is 0 Å². The van der Waals surface area contributed by atoms with Gasteiger partial charge >= 0.3 is 6.01 Å². The third kappa shape index (κ3) is 5.42. The highest BCUT2D eigenvalue weighted by atomic mass is 16.5. The van der Waals surface area contributed by atoms with E-state index in [1.54, 1.807) is 12.3 Å². The van der Waals surface area contributed by atoms with E-state index in [0.717, 1.165) is 81.5 Å². The Morgan fingerprint density at radius 1 is 1.11 bits per heavy atom. The van der Waals surface area contributed by atoms with Gasteiger partial charge in [0.15, 0.2) is 5.78 Å². The van der Waals surface area contributed by atoms with Crippen molar-refractivity contribution in [1.82, 2.24) is 15.0 Å². The molecule has 1 aliphatic carbocycles. The first-order chi connectivity index (χ1) is 17.9. The summed E-state index contributed by atoms with van der Waals surface area (Å²) in [7, 11) is 0. The monoisotopic (exact) mass is 501 g/mol. The lowest BCUT2D eigenvalue weighted by atomic mass is 9.80. The summed E-state index contributed by atoms with van der Waals surface area (Å²) in [6.07, 6.45) is 9.25. The number of hydrogen-bond donors (Lipinski definition) is 0. The van der Waals surface area contributed by atoms with Gasteiger partial charge in [-0.15, -0.1) is 0 Å². The van der Waals surface area contributed by atoms with E-state index < -0.39 is 0 Å². The zero-order valence-electron chi connectivity index (χ0n) is 22.7. The summed E-state index contributed by atoms with van der Waals surface area (Å²) < 4.78 is 11.6. The molecule has 196 valence electrons. The minimum absolute atomic E-state index is 0. The molecule has 0 saturated carbocycles. The van der Waals surface area contributed by atoms with Crippen LogP contribution in [0.2, 0.25) is 0 Å². The lowest BCUT2D eigenvalue weighted by Gasteiger charge is -2.24. The quantitative estimate of drug-likeness (QED) is 0.219. The minimum atomic E-state index is 0. The standard InChI is InChI=1S/C31H35N3O3.2H2/c1-7-19(5)15-27(35)29-21(8-2)11-13-25-26(29)14-12-22-16-32-30(24(9-3)28(22)25)37-31-33-17-23(18-36-10-4)20(6)34-31;;/h15-17H,7-10,12,14,18H2,1-6H3;2*1H/b19-15-;;. The summed E-state index contributed by atoms with van der Waals surface area (Å²) in [5, 5.41) is 0. The van der Waals surface area contributed by atoms with Gasteiger partial charge in [0.05, 0.1) is 12.3 Å². The molecule has 0 radical (unpaired) electrons. The number of aryl methyl sites for hydroxylation is 2. The Hall–Kier alpha value is -3.56.